The first-order valence-corrected chi connectivity index (χ1v) is 6.67. The number of methoxy groups -OCH3 is 1. The molecule has 0 radical (unpaired) electrons. The molecule has 1 unspecified atom stereocenters. The molecule has 0 spiro atoms. The number of carbonyl (C=O) groups excluding carboxylic acids is 1. The fourth-order valence-corrected chi connectivity index (χ4v) is 1.94. The van der Waals surface area contributed by atoms with Crippen LogP contribution in [-0.2, 0) is 11.3 Å². The highest BCUT2D eigenvalue weighted by Crippen LogP contribution is 2.16. The Labute approximate surface area is 114 Å². The van der Waals surface area contributed by atoms with Gasteiger partial charge in [0.15, 0.2) is 0 Å². The van der Waals surface area contributed by atoms with Gasteiger partial charge in [0.2, 0.25) is 0 Å². The van der Waals surface area contributed by atoms with Crippen molar-refractivity contribution in [3.8, 4) is 0 Å². The van der Waals surface area contributed by atoms with E-state index < -0.39 is 0 Å². The number of aryl methyl sites for hydroxylation is 1. The third-order valence-corrected chi connectivity index (χ3v) is 3.29. The van der Waals surface area contributed by atoms with Crippen LogP contribution in [0.2, 0.25) is 0 Å². The second-order valence-corrected chi connectivity index (χ2v) is 4.51. The van der Waals surface area contributed by atoms with Crippen LogP contribution in [0.1, 0.15) is 37.7 Å². The Morgan fingerprint density at radius 2 is 2.26 bits per heavy atom. The van der Waals surface area contributed by atoms with Crippen LogP contribution in [0.4, 0.5) is 5.69 Å². The molecule has 19 heavy (non-hydrogen) atoms. The quantitative estimate of drug-likeness (QED) is 0.810. The van der Waals surface area contributed by atoms with E-state index in [1.54, 1.807) is 16.7 Å². The van der Waals surface area contributed by atoms with Crippen molar-refractivity contribution in [2.75, 3.05) is 26.0 Å². The molecule has 0 aromatic carbocycles. The van der Waals surface area contributed by atoms with Gasteiger partial charge in [0.1, 0.15) is 5.69 Å². The summed E-state index contributed by atoms with van der Waals surface area (Å²) in [6.45, 7) is 7.70. The molecule has 1 heterocycles. The molecule has 0 aliphatic heterocycles. The van der Waals surface area contributed by atoms with Crippen molar-refractivity contribution in [2.24, 2.45) is 0 Å². The molecule has 0 aliphatic rings. The number of aromatic nitrogens is 2. The molecule has 1 aromatic heterocycles. The highest BCUT2D eigenvalue weighted by Gasteiger charge is 2.25. The first kappa shape index (κ1) is 15.5. The van der Waals surface area contributed by atoms with Gasteiger partial charge in [-0.1, -0.05) is 6.92 Å². The fourth-order valence-electron chi connectivity index (χ4n) is 1.94. The largest absolute Gasteiger partial charge is 0.396 e. The van der Waals surface area contributed by atoms with Gasteiger partial charge >= 0.3 is 0 Å². The first-order chi connectivity index (χ1) is 9.06. The van der Waals surface area contributed by atoms with Crippen LogP contribution in [0.25, 0.3) is 0 Å². The SMILES string of the molecule is CCC(C)N(CCOC)C(=O)c1c(N)cnn1CC. The smallest absolute Gasteiger partial charge is 0.274 e. The lowest BCUT2D eigenvalue weighted by Crippen LogP contribution is -2.41. The summed E-state index contributed by atoms with van der Waals surface area (Å²) in [5, 5.41) is 4.12. The third-order valence-electron chi connectivity index (χ3n) is 3.29. The van der Waals surface area contributed by atoms with Gasteiger partial charge in [-0.25, -0.2) is 0 Å². The zero-order chi connectivity index (χ0) is 14.4. The van der Waals surface area contributed by atoms with Crippen LogP contribution in [0.15, 0.2) is 6.20 Å². The van der Waals surface area contributed by atoms with Gasteiger partial charge in [0, 0.05) is 26.2 Å². The lowest BCUT2D eigenvalue weighted by atomic mass is 10.2. The lowest BCUT2D eigenvalue weighted by Gasteiger charge is -2.28. The van der Waals surface area contributed by atoms with Crippen LogP contribution >= 0.6 is 0 Å². The molecule has 0 saturated heterocycles. The summed E-state index contributed by atoms with van der Waals surface area (Å²) >= 11 is 0. The minimum Gasteiger partial charge on any atom is -0.396 e. The molecule has 6 nitrogen and oxygen atoms in total. The molecule has 6 heteroatoms. The molecule has 0 bridgehead atoms. The van der Waals surface area contributed by atoms with E-state index in [1.807, 2.05) is 13.8 Å². The molecule has 1 aromatic rings. The number of hydrogen-bond acceptors (Lipinski definition) is 4. The predicted octanol–water partition coefficient (Wildman–Crippen LogP) is 1.37. The maximum Gasteiger partial charge on any atom is 0.274 e. The molecule has 1 amide bonds. The van der Waals surface area contributed by atoms with Crippen molar-refractivity contribution < 1.29 is 9.53 Å². The summed E-state index contributed by atoms with van der Waals surface area (Å²) in [7, 11) is 1.63. The van der Waals surface area contributed by atoms with Gasteiger partial charge in [0.25, 0.3) is 5.91 Å². The topological polar surface area (TPSA) is 73.4 Å². The van der Waals surface area contributed by atoms with Crippen molar-refractivity contribution >= 4 is 11.6 Å². The zero-order valence-corrected chi connectivity index (χ0v) is 12.2. The monoisotopic (exact) mass is 268 g/mol. The fraction of sp³-hybridized carbons (Fsp3) is 0.692. The van der Waals surface area contributed by atoms with Crippen LogP contribution in [0.3, 0.4) is 0 Å². The lowest BCUT2D eigenvalue weighted by molar-refractivity contribution is 0.0603. The summed E-state index contributed by atoms with van der Waals surface area (Å²) < 4.78 is 6.71. The van der Waals surface area contributed by atoms with Gasteiger partial charge in [-0.2, -0.15) is 5.10 Å². The van der Waals surface area contributed by atoms with Crippen molar-refractivity contribution in [3.63, 3.8) is 0 Å². The summed E-state index contributed by atoms with van der Waals surface area (Å²) in [5.74, 6) is -0.0803. The Morgan fingerprint density at radius 1 is 1.58 bits per heavy atom. The molecule has 108 valence electrons. The van der Waals surface area contributed by atoms with Gasteiger partial charge < -0.3 is 15.4 Å². The normalized spacial score (nSPS) is 12.4. The van der Waals surface area contributed by atoms with Crippen molar-refractivity contribution in [3.05, 3.63) is 11.9 Å². The number of hydrogen-bond donors (Lipinski definition) is 1. The van der Waals surface area contributed by atoms with Gasteiger partial charge in [-0.15, -0.1) is 0 Å². The maximum atomic E-state index is 12.6. The zero-order valence-electron chi connectivity index (χ0n) is 12.2. The Balaban J connectivity index is 3.00. The van der Waals surface area contributed by atoms with Crippen LogP contribution < -0.4 is 5.73 Å². The second kappa shape index (κ2) is 7.13. The van der Waals surface area contributed by atoms with E-state index in [0.717, 1.165) is 6.42 Å². The average Bonchev–Trinajstić information content (AvgIpc) is 2.79. The number of amides is 1. The highest BCUT2D eigenvalue weighted by atomic mass is 16.5. The molecule has 0 saturated carbocycles. The molecule has 0 aliphatic carbocycles. The van der Waals surface area contributed by atoms with E-state index in [1.165, 1.54) is 6.20 Å². The standard InChI is InChI=1S/C13H24N4O2/c1-5-10(3)16(7-8-19-4)13(18)12-11(14)9-15-17(12)6-2/h9-10H,5-8,14H2,1-4H3. The van der Waals surface area contributed by atoms with E-state index in [0.29, 0.717) is 31.1 Å². The van der Waals surface area contributed by atoms with E-state index in [9.17, 15) is 4.79 Å². The molecular weight excluding hydrogens is 244 g/mol. The van der Waals surface area contributed by atoms with E-state index in [4.69, 9.17) is 10.5 Å². The van der Waals surface area contributed by atoms with Crippen molar-refractivity contribution in [2.45, 2.75) is 39.8 Å². The summed E-state index contributed by atoms with van der Waals surface area (Å²) in [6.07, 6.45) is 2.41. The van der Waals surface area contributed by atoms with Crippen molar-refractivity contribution in [1.82, 2.24) is 14.7 Å². The second-order valence-electron chi connectivity index (χ2n) is 4.51. The number of rotatable bonds is 7. The first-order valence-electron chi connectivity index (χ1n) is 6.67. The maximum absolute atomic E-state index is 12.6. The Hall–Kier alpha value is -1.56. The minimum absolute atomic E-state index is 0.0803. The number of nitrogen functional groups attached to an aromatic ring is 1. The van der Waals surface area contributed by atoms with Gasteiger partial charge in [-0.05, 0) is 20.3 Å². The number of ether oxygens (including phenoxy) is 1. The Bertz CT molecular complexity index is 417. The summed E-state index contributed by atoms with van der Waals surface area (Å²) in [4.78, 5) is 14.4. The molecule has 0 fully saturated rings. The van der Waals surface area contributed by atoms with E-state index >= 15 is 0 Å². The number of nitrogens with zero attached hydrogens (tertiary/aromatic N) is 3. The number of nitrogens with two attached hydrogens (primary N) is 1. The highest BCUT2D eigenvalue weighted by molar-refractivity contribution is 5.97. The average molecular weight is 268 g/mol. The van der Waals surface area contributed by atoms with Gasteiger partial charge in [-0.3, -0.25) is 9.48 Å². The van der Waals surface area contributed by atoms with Crippen LogP contribution in [0, 0.1) is 0 Å². The van der Waals surface area contributed by atoms with E-state index in [-0.39, 0.29) is 11.9 Å². The predicted molar refractivity (Wildman–Crippen MR) is 75.0 cm³/mol. The molecule has 1 atom stereocenters. The molecule has 2 N–H and O–H groups in total. The van der Waals surface area contributed by atoms with Crippen molar-refractivity contribution in [1.29, 1.82) is 0 Å². The number of carbonyl (C=O) groups is 1. The van der Waals surface area contributed by atoms with E-state index in [2.05, 4.69) is 12.0 Å². The Kier molecular flexibility index (Phi) is 5.82. The molecular formula is C13H24N4O2. The molecule has 1 rings (SSSR count). The Morgan fingerprint density at radius 3 is 2.79 bits per heavy atom. The van der Waals surface area contributed by atoms with Crippen LogP contribution in [-0.4, -0.2) is 46.9 Å². The minimum atomic E-state index is -0.0803. The van der Waals surface area contributed by atoms with Gasteiger partial charge in [0.05, 0.1) is 18.5 Å². The summed E-state index contributed by atoms with van der Waals surface area (Å²) in [6, 6.07) is 0.141. The number of anilines is 1. The summed E-state index contributed by atoms with van der Waals surface area (Å²) in [5.41, 5.74) is 6.76. The van der Waals surface area contributed by atoms with Crippen LogP contribution in [0.5, 0.6) is 0 Å². The third kappa shape index (κ3) is 3.47.